The van der Waals surface area contributed by atoms with Crippen LogP contribution in [0.5, 0.6) is 5.75 Å². The van der Waals surface area contributed by atoms with E-state index in [1.54, 1.807) is 0 Å². The van der Waals surface area contributed by atoms with Gasteiger partial charge in [-0.05, 0) is 28.8 Å². The molecule has 39 heavy (non-hydrogen) atoms. The lowest BCUT2D eigenvalue weighted by atomic mass is 9.96. The largest absolute Gasteiger partial charge is 0.463 e. The molecule has 1 fully saturated rings. The molecule has 1 aliphatic heterocycles. The minimum absolute atomic E-state index is 0.293. The van der Waals surface area contributed by atoms with Gasteiger partial charge in [0.15, 0.2) is 0 Å². The van der Waals surface area contributed by atoms with E-state index in [2.05, 4.69) is 0 Å². The van der Waals surface area contributed by atoms with Crippen LogP contribution in [0.1, 0.15) is 16.7 Å². The maximum atomic E-state index is 6.78. The summed E-state index contributed by atoms with van der Waals surface area (Å²) in [6, 6.07) is 39.1. The summed E-state index contributed by atoms with van der Waals surface area (Å²) in [5, 5.41) is 0. The molecule has 1 heterocycles. The standard InChI is InChI=1S/C33H35NO5/c34-30-32(37-23-27-17-9-3-10-18-27)31(36-22-26-15-7-2-8-16-26)29(24-35-21-25-13-5-1-6-14-25)39-33(30)38-28-19-11-4-12-20-28/h1-20,29-33H,21-24,34H2/t29-,30-,31+,32-,33+/m1/s1. The van der Waals surface area contributed by atoms with Crippen molar-refractivity contribution in [2.75, 3.05) is 6.61 Å². The summed E-state index contributed by atoms with van der Waals surface area (Å²) in [6.45, 7) is 1.53. The quantitative estimate of drug-likeness (QED) is 0.263. The molecule has 0 spiro atoms. The van der Waals surface area contributed by atoms with E-state index in [1.165, 1.54) is 0 Å². The number of para-hydroxylation sites is 1. The molecular formula is C33H35NO5. The highest BCUT2D eigenvalue weighted by Gasteiger charge is 2.47. The number of hydrogen-bond acceptors (Lipinski definition) is 6. The Hall–Kier alpha value is -3.52. The van der Waals surface area contributed by atoms with Gasteiger partial charge in [0.1, 0.15) is 24.1 Å². The van der Waals surface area contributed by atoms with Gasteiger partial charge in [-0.3, -0.25) is 0 Å². The molecule has 4 aromatic rings. The van der Waals surface area contributed by atoms with E-state index in [-0.39, 0.29) is 0 Å². The molecule has 0 radical (unpaired) electrons. The third-order valence-electron chi connectivity index (χ3n) is 6.65. The first-order chi connectivity index (χ1) is 19.3. The van der Waals surface area contributed by atoms with E-state index in [9.17, 15) is 0 Å². The zero-order chi connectivity index (χ0) is 26.7. The van der Waals surface area contributed by atoms with Crippen molar-refractivity contribution in [2.24, 2.45) is 5.73 Å². The van der Waals surface area contributed by atoms with Crippen LogP contribution in [0.3, 0.4) is 0 Å². The molecule has 2 N–H and O–H groups in total. The van der Waals surface area contributed by atoms with E-state index < -0.39 is 30.6 Å². The molecule has 6 nitrogen and oxygen atoms in total. The summed E-state index contributed by atoms with van der Waals surface area (Å²) in [4.78, 5) is 0. The summed E-state index contributed by atoms with van der Waals surface area (Å²) in [7, 11) is 0. The maximum absolute atomic E-state index is 6.78. The molecule has 5 rings (SSSR count). The highest BCUT2D eigenvalue weighted by molar-refractivity contribution is 5.22. The average molecular weight is 526 g/mol. The van der Waals surface area contributed by atoms with E-state index >= 15 is 0 Å². The van der Waals surface area contributed by atoms with Crippen LogP contribution < -0.4 is 10.5 Å². The second kappa shape index (κ2) is 14.0. The van der Waals surface area contributed by atoms with Crippen LogP contribution in [0.4, 0.5) is 0 Å². The van der Waals surface area contributed by atoms with Crippen molar-refractivity contribution in [3.63, 3.8) is 0 Å². The summed E-state index contributed by atoms with van der Waals surface area (Å²) >= 11 is 0. The molecule has 4 aromatic carbocycles. The lowest BCUT2D eigenvalue weighted by Crippen LogP contribution is -2.64. The van der Waals surface area contributed by atoms with Crippen LogP contribution in [-0.2, 0) is 38.8 Å². The predicted molar refractivity (Wildman–Crippen MR) is 150 cm³/mol. The average Bonchev–Trinajstić information content (AvgIpc) is 2.99. The number of ether oxygens (including phenoxy) is 5. The van der Waals surface area contributed by atoms with Gasteiger partial charge < -0.3 is 29.4 Å². The van der Waals surface area contributed by atoms with Gasteiger partial charge in [-0.2, -0.15) is 0 Å². The minimum atomic E-state index is -0.741. The number of rotatable bonds is 12. The lowest BCUT2D eigenvalue weighted by molar-refractivity contribution is -0.266. The highest BCUT2D eigenvalue weighted by atomic mass is 16.7. The Morgan fingerprint density at radius 3 is 1.56 bits per heavy atom. The van der Waals surface area contributed by atoms with Crippen molar-refractivity contribution >= 4 is 0 Å². The Labute approximate surface area is 230 Å². The number of benzene rings is 4. The van der Waals surface area contributed by atoms with E-state index in [1.807, 2.05) is 121 Å². The smallest absolute Gasteiger partial charge is 0.218 e. The minimum Gasteiger partial charge on any atom is -0.463 e. The van der Waals surface area contributed by atoms with Crippen molar-refractivity contribution < 1.29 is 23.7 Å². The summed E-state index contributed by atoms with van der Waals surface area (Å²) in [5.41, 5.74) is 9.97. The highest BCUT2D eigenvalue weighted by Crippen LogP contribution is 2.29. The Morgan fingerprint density at radius 1 is 0.564 bits per heavy atom. The van der Waals surface area contributed by atoms with E-state index in [4.69, 9.17) is 29.4 Å². The van der Waals surface area contributed by atoms with Crippen LogP contribution in [0.25, 0.3) is 0 Å². The first kappa shape index (κ1) is 27.1. The molecular weight excluding hydrogens is 490 g/mol. The third-order valence-corrected chi connectivity index (χ3v) is 6.65. The summed E-state index contributed by atoms with van der Waals surface area (Å²) in [5.74, 6) is 0.673. The van der Waals surface area contributed by atoms with Crippen LogP contribution in [0, 0.1) is 0 Å². The summed E-state index contributed by atoms with van der Waals surface area (Å²) < 4.78 is 31.8. The fourth-order valence-electron chi connectivity index (χ4n) is 4.61. The molecule has 0 saturated carbocycles. The van der Waals surface area contributed by atoms with Gasteiger partial charge in [0, 0.05) is 0 Å². The van der Waals surface area contributed by atoms with Crippen molar-refractivity contribution in [2.45, 2.75) is 50.5 Å². The SMILES string of the molecule is N[C@H]1[C@@H](Oc2ccccc2)O[C@H](COCc2ccccc2)[C@H](OCc2ccccc2)[C@@H]1OCc1ccccc1. The Balaban J connectivity index is 1.37. The zero-order valence-electron chi connectivity index (χ0n) is 21.9. The van der Waals surface area contributed by atoms with Crippen molar-refractivity contribution in [1.29, 1.82) is 0 Å². The van der Waals surface area contributed by atoms with Crippen LogP contribution in [0.2, 0.25) is 0 Å². The molecule has 0 bridgehead atoms. The zero-order valence-corrected chi connectivity index (χ0v) is 21.9. The van der Waals surface area contributed by atoms with Crippen molar-refractivity contribution in [1.82, 2.24) is 0 Å². The monoisotopic (exact) mass is 525 g/mol. The predicted octanol–water partition coefficient (Wildman–Crippen LogP) is 5.51. The van der Waals surface area contributed by atoms with Crippen molar-refractivity contribution in [3.8, 4) is 5.75 Å². The lowest BCUT2D eigenvalue weighted by Gasteiger charge is -2.44. The van der Waals surface area contributed by atoms with Crippen LogP contribution >= 0.6 is 0 Å². The first-order valence-electron chi connectivity index (χ1n) is 13.3. The van der Waals surface area contributed by atoms with Gasteiger partial charge in [-0.15, -0.1) is 0 Å². The first-order valence-corrected chi connectivity index (χ1v) is 13.3. The molecule has 0 aliphatic carbocycles. The number of nitrogens with two attached hydrogens (primary N) is 1. The molecule has 0 aromatic heterocycles. The van der Waals surface area contributed by atoms with Crippen LogP contribution in [-0.4, -0.2) is 37.3 Å². The van der Waals surface area contributed by atoms with E-state index in [0.717, 1.165) is 16.7 Å². The summed E-state index contributed by atoms with van der Waals surface area (Å²) in [6.07, 6.45) is -2.18. The van der Waals surface area contributed by atoms with Gasteiger partial charge in [0.2, 0.25) is 6.29 Å². The fraction of sp³-hybridized carbons (Fsp3) is 0.273. The maximum Gasteiger partial charge on any atom is 0.218 e. The Bertz CT molecular complexity index is 1230. The fourth-order valence-corrected chi connectivity index (χ4v) is 4.61. The molecule has 202 valence electrons. The molecule has 5 atom stereocenters. The van der Waals surface area contributed by atoms with Gasteiger partial charge in [0.05, 0.1) is 32.5 Å². The van der Waals surface area contributed by atoms with E-state index in [0.29, 0.717) is 32.2 Å². The van der Waals surface area contributed by atoms with Gasteiger partial charge in [0.25, 0.3) is 0 Å². The van der Waals surface area contributed by atoms with Crippen LogP contribution in [0.15, 0.2) is 121 Å². The Kier molecular flexibility index (Phi) is 9.74. The van der Waals surface area contributed by atoms with Gasteiger partial charge in [-0.25, -0.2) is 0 Å². The van der Waals surface area contributed by atoms with Gasteiger partial charge >= 0.3 is 0 Å². The molecule has 1 aliphatic rings. The Morgan fingerprint density at radius 2 is 1.03 bits per heavy atom. The molecule has 0 unspecified atom stereocenters. The molecule has 1 saturated heterocycles. The second-order valence-corrected chi connectivity index (χ2v) is 9.57. The molecule has 0 amide bonds. The third kappa shape index (κ3) is 7.76. The van der Waals surface area contributed by atoms with Gasteiger partial charge in [-0.1, -0.05) is 109 Å². The normalized spacial score (nSPS) is 22.8. The second-order valence-electron chi connectivity index (χ2n) is 9.57. The van der Waals surface area contributed by atoms with Crippen molar-refractivity contribution in [3.05, 3.63) is 138 Å². The molecule has 6 heteroatoms. The topological polar surface area (TPSA) is 72.2 Å². The number of hydrogen-bond donors (Lipinski definition) is 1.